The molecule has 84 valence electrons. The first kappa shape index (κ1) is 10.0. The number of rotatable bonds is 1. The van der Waals surface area contributed by atoms with Crippen LogP contribution in [0, 0.1) is 5.92 Å². The number of hydrogen-bond donors (Lipinski definition) is 1. The summed E-state index contributed by atoms with van der Waals surface area (Å²) in [6.07, 6.45) is 4.47. The van der Waals surface area contributed by atoms with Crippen LogP contribution in [0.5, 0.6) is 0 Å². The second-order valence-electron chi connectivity index (χ2n) is 4.87. The quantitative estimate of drug-likeness (QED) is 0.778. The maximum absolute atomic E-state index is 12.4. The molecule has 2 aliphatic rings. The van der Waals surface area contributed by atoms with E-state index >= 15 is 0 Å². The van der Waals surface area contributed by atoms with E-state index in [9.17, 15) is 4.79 Å². The van der Waals surface area contributed by atoms with Gasteiger partial charge in [-0.05, 0) is 37.8 Å². The van der Waals surface area contributed by atoms with Crippen LogP contribution in [0.15, 0.2) is 24.3 Å². The first-order chi connectivity index (χ1) is 7.86. The topological polar surface area (TPSA) is 29.1 Å². The summed E-state index contributed by atoms with van der Waals surface area (Å²) in [7, 11) is 0. The van der Waals surface area contributed by atoms with Crippen LogP contribution < -0.4 is 5.32 Å². The van der Waals surface area contributed by atoms with Gasteiger partial charge in [0, 0.05) is 17.5 Å². The fourth-order valence-corrected chi connectivity index (χ4v) is 3.06. The molecule has 1 aromatic rings. The summed E-state index contributed by atoms with van der Waals surface area (Å²) in [6, 6.07) is 8.51. The number of Topliss-reactive ketones (excluding diaryl/α,β-unsaturated/α-hetero) is 1. The highest BCUT2D eigenvalue weighted by atomic mass is 16.1. The summed E-state index contributed by atoms with van der Waals surface area (Å²) in [5.41, 5.74) is 2.20. The number of aryl methyl sites for hydroxylation is 1. The summed E-state index contributed by atoms with van der Waals surface area (Å²) in [5.74, 6) is 0.582. The van der Waals surface area contributed by atoms with E-state index in [0.717, 1.165) is 24.9 Å². The van der Waals surface area contributed by atoms with Gasteiger partial charge >= 0.3 is 0 Å². The highest BCUT2D eigenvalue weighted by molar-refractivity contribution is 6.00. The van der Waals surface area contributed by atoms with Gasteiger partial charge in [-0.15, -0.1) is 0 Å². The van der Waals surface area contributed by atoms with E-state index in [1.165, 1.54) is 18.4 Å². The van der Waals surface area contributed by atoms with E-state index in [2.05, 4.69) is 11.4 Å². The van der Waals surface area contributed by atoms with Crippen molar-refractivity contribution >= 4 is 5.78 Å². The fourth-order valence-electron chi connectivity index (χ4n) is 3.06. The third kappa shape index (κ3) is 1.57. The smallest absolute Gasteiger partial charge is 0.167 e. The molecule has 2 atom stereocenters. The molecule has 0 radical (unpaired) electrons. The normalized spacial score (nSPS) is 29.1. The van der Waals surface area contributed by atoms with Crippen molar-refractivity contribution < 1.29 is 4.79 Å². The van der Waals surface area contributed by atoms with Crippen molar-refractivity contribution in [2.24, 2.45) is 5.92 Å². The minimum atomic E-state index is 0.220. The summed E-state index contributed by atoms with van der Waals surface area (Å²) in [4.78, 5) is 12.4. The first-order valence-corrected chi connectivity index (χ1v) is 6.22. The van der Waals surface area contributed by atoms with E-state index in [1.807, 2.05) is 18.2 Å². The molecule has 0 aromatic heterocycles. The van der Waals surface area contributed by atoms with E-state index in [0.29, 0.717) is 11.8 Å². The standard InChI is InChI=1S/C14H17NO/c16-14-11-5-2-1-4-10(11)7-8-12(14)13-6-3-9-15-13/h1-2,4-5,12-13,15H,3,6-9H2/t12-,13+/m1/s1. The maximum Gasteiger partial charge on any atom is 0.167 e. The molecule has 2 nitrogen and oxygen atoms in total. The molecule has 1 N–H and O–H groups in total. The molecule has 0 spiro atoms. The third-order valence-corrected chi connectivity index (χ3v) is 3.93. The molecule has 1 saturated heterocycles. The zero-order valence-corrected chi connectivity index (χ0v) is 9.41. The number of carbonyl (C=O) groups excluding carboxylic acids is 1. The van der Waals surface area contributed by atoms with Crippen LogP contribution in [0.2, 0.25) is 0 Å². The van der Waals surface area contributed by atoms with E-state index < -0.39 is 0 Å². The molecule has 0 bridgehead atoms. The van der Waals surface area contributed by atoms with Crippen LogP contribution >= 0.6 is 0 Å². The Morgan fingerprint density at radius 3 is 2.88 bits per heavy atom. The van der Waals surface area contributed by atoms with Gasteiger partial charge < -0.3 is 5.32 Å². The molecule has 0 saturated carbocycles. The Morgan fingerprint density at radius 2 is 2.06 bits per heavy atom. The van der Waals surface area contributed by atoms with E-state index in [1.54, 1.807) is 0 Å². The Balaban J connectivity index is 1.88. The second kappa shape index (κ2) is 4.02. The molecule has 1 fully saturated rings. The second-order valence-corrected chi connectivity index (χ2v) is 4.87. The van der Waals surface area contributed by atoms with Crippen molar-refractivity contribution in [3.8, 4) is 0 Å². The van der Waals surface area contributed by atoms with Crippen molar-refractivity contribution in [3.05, 3.63) is 35.4 Å². The zero-order valence-electron chi connectivity index (χ0n) is 9.41. The lowest BCUT2D eigenvalue weighted by Crippen LogP contribution is -2.38. The van der Waals surface area contributed by atoms with Gasteiger partial charge in [0.15, 0.2) is 5.78 Å². The minimum Gasteiger partial charge on any atom is -0.313 e. The molecular weight excluding hydrogens is 198 g/mol. The Labute approximate surface area is 96.1 Å². The lowest BCUT2D eigenvalue weighted by atomic mass is 9.78. The maximum atomic E-state index is 12.4. The average molecular weight is 215 g/mol. The Hall–Kier alpha value is -1.15. The highest BCUT2D eigenvalue weighted by Gasteiger charge is 2.34. The number of fused-ring (bicyclic) bond motifs is 1. The fraction of sp³-hybridized carbons (Fsp3) is 0.500. The molecular formula is C14H17NO. The number of hydrogen-bond acceptors (Lipinski definition) is 2. The Kier molecular flexibility index (Phi) is 2.52. The first-order valence-electron chi connectivity index (χ1n) is 6.22. The monoisotopic (exact) mass is 215 g/mol. The van der Waals surface area contributed by atoms with Gasteiger partial charge in [0.25, 0.3) is 0 Å². The van der Waals surface area contributed by atoms with Crippen LogP contribution in [0.3, 0.4) is 0 Å². The summed E-state index contributed by atoms with van der Waals surface area (Å²) >= 11 is 0. The molecule has 2 heteroatoms. The molecule has 3 rings (SSSR count). The van der Waals surface area contributed by atoms with Crippen LogP contribution in [-0.4, -0.2) is 18.4 Å². The zero-order chi connectivity index (χ0) is 11.0. The lowest BCUT2D eigenvalue weighted by Gasteiger charge is -2.27. The Bertz CT molecular complexity index is 407. The van der Waals surface area contributed by atoms with Crippen molar-refractivity contribution in [3.63, 3.8) is 0 Å². The van der Waals surface area contributed by atoms with Crippen molar-refractivity contribution in [2.45, 2.75) is 31.7 Å². The van der Waals surface area contributed by atoms with E-state index in [-0.39, 0.29) is 5.92 Å². The summed E-state index contributed by atoms with van der Waals surface area (Å²) in [5, 5.41) is 3.47. The predicted octanol–water partition coefficient (Wildman–Crippen LogP) is 2.18. The number of carbonyl (C=O) groups is 1. The average Bonchev–Trinajstić information content (AvgIpc) is 2.83. The molecule has 1 heterocycles. The summed E-state index contributed by atoms with van der Waals surface area (Å²) in [6.45, 7) is 1.08. The van der Waals surface area contributed by atoms with Gasteiger partial charge in [-0.3, -0.25) is 4.79 Å². The Morgan fingerprint density at radius 1 is 1.19 bits per heavy atom. The SMILES string of the molecule is O=C1c2ccccc2CC[C@@H]1[C@@H]1CCCN1. The molecule has 16 heavy (non-hydrogen) atoms. The van der Waals surface area contributed by atoms with Gasteiger partial charge in [0.2, 0.25) is 0 Å². The van der Waals surface area contributed by atoms with Crippen LogP contribution in [0.25, 0.3) is 0 Å². The minimum absolute atomic E-state index is 0.220. The van der Waals surface area contributed by atoms with Crippen LogP contribution in [0.4, 0.5) is 0 Å². The molecule has 0 unspecified atom stereocenters. The largest absolute Gasteiger partial charge is 0.313 e. The van der Waals surface area contributed by atoms with Crippen molar-refractivity contribution in [2.75, 3.05) is 6.54 Å². The molecule has 1 aromatic carbocycles. The number of benzene rings is 1. The third-order valence-electron chi connectivity index (χ3n) is 3.93. The molecule has 1 aliphatic carbocycles. The molecule has 0 amide bonds. The van der Waals surface area contributed by atoms with Gasteiger partial charge in [0.1, 0.15) is 0 Å². The van der Waals surface area contributed by atoms with E-state index in [4.69, 9.17) is 0 Å². The number of ketones is 1. The lowest BCUT2D eigenvalue weighted by molar-refractivity contribution is 0.0874. The van der Waals surface area contributed by atoms with Gasteiger partial charge in [-0.25, -0.2) is 0 Å². The highest BCUT2D eigenvalue weighted by Crippen LogP contribution is 2.30. The van der Waals surface area contributed by atoms with Crippen LogP contribution in [0.1, 0.15) is 35.2 Å². The molecule has 1 aliphatic heterocycles. The predicted molar refractivity (Wildman–Crippen MR) is 63.6 cm³/mol. The van der Waals surface area contributed by atoms with Gasteiger partial charge in [-0.1, -0.05) is 24.3 Å². The van der Waals surface area contributed by atoms with Crippen LogP contribution in [-0.2, 0) is 6.42 Å². The van der Waals surface area contributed by atoms with Gasteiger partial charge in [0.05, 0.1) is 0 Å². The number of nitrogens with one attached hydrogen (secondary N) is 1. The van der Waals surface area contributed by atoms with Crippen molar-refractivity contribution in [1.29, 1.82) is 0 Å². The van der Waals surface area contributed by atoms with Gasteiger partial charge in [-0.2, -0.15) is 0 Å². The van der Waals surface area contributed by atoms with Crippen molar-refractivity contribution in [1.82, 2.24) is 5.32 Å². The summed E-state index contributed by atoms with van der Waals surface area (Å²) < 4.78 is 0.